The molecule has 0 radical (unpaired) electrons. The standard InChI is InChI=1S/C16H24N6OS2/c1-10-7-12(22(11(2)23)21(3)4)14(8-17)13(19)20-16(24-5,25-6)15(10,14)9-18/h10,12H,7H2,1-6H3,(H2,19,20). The number of hydrazine groups is 1. The molecular formula is C16H24N6OS2. The van der Waals surface area contributed by atoms with E-state index in [-0.39, 0.29) is 17.7 Å². The Morgan fingerprint density at radius 2 is 1.88 bits per heavy atom. The largest absolute Gasteiger partial charge is 0.386 e. The number of thioether (sulfide) groups is 2. The van der Waals surface area contributed by atoms with Crippen molar-refractivity contribution < 1.29 is 4.79 Å². The number of amidine groups is 1. The molecule has 0 spiro atoms. The van der Waals surface area contributed by atoms with E-state index in [9.17, 15) is 15.3 Å². The number of aliphatic imine (C=N–C) groups is 1. The van der Waals surface area contributed by atoms with E-state index in [1.54, 1.807) is 19.1 Å². The van der Waals surface area contributed by atoms with Gasteiger partial charge in [0, 0.05) is 21.0 Å². The van der Waals surface area contributed by atoms with Crippen LogP contribution in [0.2, 0.25) is 0 Å². The van der Waals surface area contributed by atoms with Crippen molar-refractivity contribution in [3.8, 4) is 12.1 Å². The Morgan fingerprint density at radius 1 is 1.32 bits per heavy atom. The Bertz CT molecular complexity index is 692. The van der Waals surface area contributed by atoms with Crippen LogP contribution in [0.25, 0.3) is 0 Å². The van der Waals surface area contributed by atoms with Crippen molar-refractivity contribution in [1.29, 1.82) is 10.5 Å². The number of hydrogen-bond acceptors (Lipinski definition) is 8. The highest BCUT2D eigenvalue weighted by molar-refractivity contribution is 8.17. The number of fused-ring (bicyclic) bond motifs is 1. The Kier molecular flexibility index (Phi) is 5.08. The van der Waals surface area contributed by atoms with Crippen LogP contribution in [0.15, 0.2) is 4.99 Å². The molecule has 136 valence electrons. The van der Waals surface area contributed by atoms with Gasteiger partial charge in [0.1, 0.15) is 11.3 Å². The lowest BCUT2D eigenvalue weighted by Crippen LogP contribution is -2.61. The van der Waals surface area contributed by atoms with E-state index in [0.29, 0.717) is 6.42 Å². The molecule has 7 nitrogen and oxygen atoms in total. The number of carbonyl (C=O) groups is 1. The van der Waals surface area contributed by atoms with E-state index in [0.717, 1.165) is 0 Å². The molecule has 0 aromatic carbocycles. The number of nitriles is 2. The van der Waals surface area contributed by atoms with Gasteiger partial charge in [-0.15, -0.1) is 23.5 Å². The zero-order valence-corrected chi connectivity index (χ0v) is 17.0. The molecule has 1 amide bonds. The van der Waals surface area contributed by atoms with Crippen molar-refractivity contribution in [2.75, 3.05) is 26.6 Å². The van der Waals surface area contributed by atoms with Gasteiger partial charge in [0.2, 0.25) is 5.91 Å². The number of nitrogens with zero attached hydrogens (tertiary/aromatic N) is 5. The van der Waals surface area contributed by atoms with Gasteiger partial charge < -0.3 is 5.73 Å². The lowest BCUT2D eigenvalue weighted by Gasteiger charge is -2.45. The number of amides is 1. The maximum atomic E-state index is 12.3. The van der Waals surface area contributed by atoms with Crippen LogP contribution in [0.1, 0.15) is 20.3 Å². The minimum absolute atomic E-state index is 0.155. The predicted octanol–water partition coefficient (Wildman–Crippen LogP) is 1.49. The second-order valence-electron chi connectivity index (χ2n) is 6.69. The summed E-state index contributed by atoms with van der Waals surface area (Å²) in [6.45, 7) is 3.42. The van der Waals surface area contributed by atoms with Gasteiger partial charge in [0.15, 0.2) is 9.62 Å². The van der Waals surface area contributed by atoms with Crippen LogP contribution in [0, 0.1) is 39.4 Å². The molecule has 1 fully saturated rings. The maximum absolute atomic E-state index is 12.3. The van der Waals surface area contributed by atoms with Crippen LogP contribution >= 0.6 is 23.5 Å². The molecule has 0 bridgehead atoms. The third kappa shape index (κ3) is 2.09. The fraction of sp³-hybridized carbons (Fsp3) is 0.750. The molecule has 0 saturated heterocycles. The molecule has 1 saturated carbocycles. The Balaban J connectivity index is 2.83. The van der Waals surface area contributed by atoms with Crippen molar-refractivity contribution >= 4 is 35.3 Å². The highest BCUT2D eigenvalue weighted by atomic mass is 32.2. The summed E-state index contributed by atoms with van der Waals surface area (Å²) in [6.07, 6.45) is 4.28. The molecule has 4 unspecified atom stereocenters. The van der Waals surface area contributed by atoms with Crippen LogP contribution in [0.4, 0.5) is 0 Å². The SMILES string of the molecule is CSC1(SC)N=C(N)C2(C#N)C(N(C(C)=O)N(C)C)CC(C)C12C#N. The van der Waals surface area contributed by atoms with Crippen molar-refractivity contribution in [1.82, 2.24) is 10.0 Å². The Morgan fingerprint density at radius 3 is 2.24 bits per heavy atom. The molecule has 9 heteroatoms. The highest BCUT2D eigenvalue weighted by Gasteiger charge is 2.80. The summed E-state index contributed by atoms with van der Waals surface area (Å²) < 4.78 is -0.871. The molecule has 2 N–H and O–H groups in total. The van der Waals surface area contributed by atoms with Crippen molar-refractivity contribution in [3.05, 3.63) is 0 Å². The smallest absolute Gasteiger partial charge is 0.234 e. The second-order valence-corrected chi connectivity index (χ2v) is 8.95. The minimum Gasteiger partial charge on any atom is -0.386 e. The fourth-order valence-electron chi connectivity index (χ4n) is 4.66. The lowest BCUT2D eigenvalue weighted by molar-refractivity contribution is -0.150. The molecule has 1 heterocycles. The van der Waals surface area contributed by atoms with E-state index >= 15 is 0 Å². The van der Waals surface area contributed by atoms with Crippen LogP contribution in [-0.2, 0) is 4.79 Å². The van der Waals surface area contributed by atoms with Crippen LogP contribution < -0.4 is 5.73 Å². The topological polar surface area (TPSA) is 110 Å². The molecule has 2 rings (SSSR count). The van der Waals surface area contributed by atoms with Crippen molar-refractivity contribution in [3.63, 3.8) is 0 Å². The lowest BCUT2D eigenvalue weighted by atomic mass is 9.63. The van der Waals surface area contributed by atoms with Gasteiger partial charge in [-0.3, -0.25) is 9.80 Å². The van der Waals surface area contributed by atoms with Gasteiger partial charge >= 0.3 is 0 Å². The van der Waals surface area contributed by atoms with E-state index < -0.39 is 21.1 Å². The molecule has 1 aliphatic carbocycles. The van der Waals surface area contributed by atoms with Gasteiger partial charge in [0.25, 0.3) is 0 Å². The second kappa shape index (κ2) is 6.39. The molecule has 25 heavy (non-hydrogen) atoms. The van der Waals surface area contributed by atoms with E-state index in [1.165, 1.54) is 35.5 Å². The first-order valence-corrected chi connectivity index (χ1v) is 10.4. The summed E-state index contributed by atoms with van der Waals surface area (Å²) in [7, 11) is 3.50. The molecule has 0 aromatic heterocycles. The third-order valence-corrected chi connectivity index (χ3v) is 8.50. The summed E-state index contributed by atoms with van der Waals surface area (Å²) in [6, 6.07) is 4.26. The first-order valence-electron chi connectivity index (χ1n) is 7.91. The van der Waals surface area contributed by atoms with Gasteiger partial charge in [-0.2, -0.15) is 10.5 Å². The molecule has 0 aromatic rings. The van der Waals surface area contributed by atoms with Crippen molar-refractivity contribution in [2.24, 2.45) is 27.5 Å². The molecule has 2 aliphatic rings. The summed E-state index contributed by atoms with van der Waals surface area (Å²) in [5.74, 6) is -0.194. The minimum atomic E-state index is -1.34. The van der Waals surface area contributed by atoms with Gasteiger partial charge in [-0.1, -0.05) is 6.92 Å². The summed E-state index contributed by atoms with van der Waals surface area (Å²) in [5.41, 5.74) is 3.87. The zero-order chi connectivity index (χ0) is 19.2. The normalized spacial score (nSPS) is 35.6. The molecule has 4 atom stereocenters. The zero-order valence-electron chi connectivity index (χ0n) is 15.4. The van der Waals surface area contributed by atoms with E-state index in [1.807, 2.05) is 19.4 Å². The van der Waals surface area contributed by atoms with Crippen LogP contribution in [0.5, 0.6) is 0 Å². The Hall–Kier alpha value is -1.42. The maximum Gasteiger partial charge on any atom is 0.234 e. The van der Waals surface area contributed by atoms with E-state index in [2.05, 4.69) is 17.1 Å². The number of rotatable bonds is 4. The third-order valence-electron chi connectivity index (χ3n) is 5.56. The van der Waals surface area contributed by atoms with Gasteiger partial charge in [-0.25, -0.2) is 10.0 Å². The Labute approximate surface area is 157 Å². The summed E-state index contributed by atoms with van der Waals surface area (Å²) >= 11 is 2.87. The first kappa shape index (κ1) is 19.9. The average Bonchev–Trinajstić information content (AvgIpc) is 2.94. The van der Waals surface area contributed by atoms with Crippen LogP contribution in [0.3, 0.4) is 0 Å². The summed E-state index contributed by atoms with van der Waals surface area (Å²) in [4.78, 5) is 17.0. The highest BCUT2D eigenvalue weighted by Crippen LogP contribution is 2.71. The van der Waals surface area contributed by atoms with Gasteiger partial charge in [-0.05, 0) is 24.9 Å². The quantitative estimate of drug-likeness (QED) is 0.581. The summed E-state index contributed by atoms with van der Waals surface area (Å²) in [5, 5.41) is 23.8. The average molecular weight is 381 g/mol. The molecular weight excluding hydrogens is 356 g/mol. The number of hydrogen-bond donors (Lipinski definition) is 1. The first-order chi connectivity index (χ1) is 11.7. The van der Waals surface area contributed by atoms with Gasteiger partial charge in [0.05, 0.1) is 18.2 Å². The predicted molar refractivity (Wildman–Crippen MR) is 101 cm³/mol. The molecule has 1 aliphatic heterocycles. The van der Waals surface area contributed by atoms with E-state index in [4.69, 9.17) is 5.73 Å². The fourth-order valence-corrected chi connectivity index (χ4v) is 7.16. The van der Waals surface area contributed by atoms with Crippen molar-refractivity contribution in [2.45, 2.75) is 30.5 Å². The monoisotopic (exact) mass is 380 g/mol. The van der Waals surface area contributed by atoms with Crippen LogP contribution in [-0.4, -0.2) is 58.6 Å². The number of nitrogens with two attached hydrogens (primary N) is 1. The number of carbonyl (C=O) groups excluding carboxylic acids is 1.